The van der Waals surface area contributed by atoms with Gasteiger partial charge in [-0.3, -0.25) is 4.79 Å². The number of unbranched alkanes of at least 4 members (excludes halogenated alkanes) is 5. The Bertz CT molecular complexity index is 1240. The molecule has 0 aliphatic heterocycles. The van der Waals surface area contributed by atoms with Crippen LogP contribution in [0.2, 0.25) is 0 Å². The van der Waals surface area contributed by atoms with Crippen LogP contribution in [0.15, 0.2) is 71.5 Å². The van der Waals surface area contributed by atoms with Crippen molar-refractivity contribution in [2.45, 2.75) is 58.3 Å². The van der Waals surface area contributed by atoms with Gasteiger partial charge in [0.05, 0.1) is 6.61 Å². The Morgan fingerprint density at radius 3 is 2.34 bits per heavy atom. The Morgan fingerprint density at radius 1 is 0.781 bits per heavy atom. The van der Waals surface area contributed by atoms with Crippen molar-refractivity contribution in [2.24, 2.45) is 0 Å². The third-order valence-electron chi connectivity index (χ3n) is 6.24. The lowest BCUT2D eigenvalue weighted by molar-refractivity contribution is 0.301. The van der Waals surface area contributed by atoms with Gasteiger partial charge in [-0.05, 0) is 36.2 Å². The van der Waals surface area contributed by atoms with Gasteiger partial charge in [-0.2, -0.15) is 0 Å². The topological polar surface area (TPSA) is 26.3 Å². The molecule has 0 saturated carbocycles. The molecule has 0 aliphatic carbocycles. The first kappa shape index (κ1) is 22.5. The van der Waals surface area contributed by atoms with Crippen LogP contribution in [0.1, 0.15) is 69.4 Å². The second kappa shape index (κ2) is 10.8. The van der Waals surface area contributed by atoms with E-state index in [0.717, 1.165) is 38.9 Å². The van der Waals surface area contributed by atoms with Gasteiger partial charge in [0.2, 0.25) is 0 Å². The SMILES string of the molecule is CCCCCCCCOc1ccccc1C(C)c1cccc2c(=O)c3ccccc3sc12. The normalized spacial score (nSPS) is 12.3. The highest BCUT2D eigenvalue weighted by Crippen LogP contribution is 2.37. The van der Waals surface area contributed by atoms with E-state index in [-0.39, 0.29) is 11.3 Å². The van der Waals surface area contributed by atoms with Crippen molar-refractivity contribution >= 4 is 31.5 Å². The predicted molar refractivity (Wildman–Crippen MR) is 138 cm³/mol. The molecule has 3 heteroatoms. The van der Waals surface area contributed by atoms with E-state index in [9.17, 15) is 4.79 Å². The molecular formula is C29H32O2S. The van der Waals surface area contributed by atoms with Gasteiger partial charge in [0.25, 0.3) is 0 Å². The second-order valence-electron chi connectivity index (χ2n) is 8.53. The third-order valence-corrected chi connectivity index (χ3v) is 7.48. The number of benzene rings is 3. The van der Waals surface area contributed by atoms with Crippen molar-refractivity contribution in [1.29, 1.82) is 0 Å². The van der Waals surface area contributed by atoms with Gasteiger partial charge in [-0.1, -0.05) is 88.4 Å². The number of rotatable bonds is 10. The fourth-order valence-electron chi connectivity index (χ4n) is 4.39. The summed E-state index contributed by atoms with van der Waals surface area (Å²) in [6.45, 7) is 5.22. The molecule has 166 valence electrons. The van der Waals surface area contributed by atoms with Crippen molar-refractivity contribution < 1.29 is 4.74 Å². The van der Waals surface area contributed by atoms with Gasteiger partial charge < -0.3 is 4.74 Å². The molecule has 0 aliphatic rings. The fraction of sp³-hybridized carbons (Fsp3) is 0.345. The zero-order valence-electron chi connectivity index (χ0n) is 19.1. The van der Waals surface area contributed by atoms with Crippen LogP contribution in [0, 0.1) is 0 Å². The average molecular weight is 445 g/mol. The molecule has 0 bridgehead atoms. The van der Waals surface area contributed by atoms with Crippen LogP contribution in [-0.4, -0.2) is 6.61 Å². The Labute approximate surface area is 194 Å². The first-order valence-corrected chi connectivity index (χ1v) is 12.7. The molecule has 4 aromatic rings. The summed E-state index contributed by atoms with van der Waals surface area (Å²) in [5.41, 5.74) is 2.49. The second-order valence-corrected chi connectivity index (χ2v) is 9.58. The first-order valence-electron chi connectivity index (χ1n) is 11.9. The third kappa shape index (κ3) is 4.88. The van der Waals surface area contributed by atoms with E-state index in [1.165, 1.54) is 43.2 Å². The highest BCUT2D eigenvalue weighted by molar-refractivity contribution is 7.24. The zero-order chi connectivity index (χ0) is 22.3. The van der Waals surface area contributed by atoms with Gasteiger partial charge in [-0.15, -0.1) is 11.3 Å². The van der Waals surface area contributed by atoms with E-state index in [2.05, 4.69) is 38.1 Å². The molecule has 3 aromatic carbocycles. The number of ether oxygens (including phenoxy) is 1. The molecule has 1 heterocycles. The van der Waals surface area contributed by atoms with Crippen LogP contribution in [-0.2, 0) is 0 Å². The Hall–Kier alpha value is -2.65. The van der Waals surface area contributed by atoms with E-state index < -0.39 is 0 Å². The van der Waals surface area contributed by atoms with Crippen LogP contribution < -0.4 is 10.2 Å². The molecule has 32 heavy (non-hydrogen) atoms. The summed E-state index contributed by atoms with van der Waals surface area (Å²) in [5, 5.41) is 1.61. The molecule has 1 aromatic heterocycles. The number of hydrogen-bond acceptors (Lipinski definition) is 3. The molecular weight excluding hydrogens is 412 g/mol. The molecule has 2 nitrogen and oxygen atoms in total. The quantitative estimate of drug-likeness (QED) is 0.182. The minimum absolute atomic E-state index is 0.121. The van der Waals surface area contributed by atoms with Crippen molar-refractivity contribution in [1.82, 2.24) is 0 Å². The summed E-state index contributed by atoms with van der Waals surface area (Å²) < 4.78 is 8.35. The van der Waals surface area contributed by atoms with Crippen molar-refractivity contribution in [3.63, 3.8) is 0 Å². The number of hydrogen-bond donors (Lipinski definition) is 0. The molecule has 0 fully saturated rings. The van der Waals surface area contributed by atoms with E-state index in [1.54, 1.807) is 11.3 Å². The molecule has 0 amide bonds. The van der Waals surface area contributed by atoms with Crippen molar-refractivity contribution in [2.75, 3.05) is 6.61 Å². The lowest BCUT2D eigenvalue weighted by Gasteiger charge is -2.19. The Morgan fingerprint density at radius 2 is 1.47 bits per heavy atom. The van der Waals surface area contributed by atoms with E-state index in [4.69, 9.17) is 4.74 Å². The van der Waals surface area contributed by atoms with E-state index in [0.29, 0.717) is 0 Å². The Kier molecular flexibility index (Phi) is 7.59. The van der Waals surface area contributed by atoms with E-state index >= 15 is 0 Å². The number of fused-ring (bicyclic) bond motifs is 2. The standard InChI is InChI=1S/C29H32O2S/c1-3-4-5-6-7-12-20-31-26-18-10-8-14-22(26)21(2)23-16-13-17-25-28(30)24-15-9-11-19-27(24)32-29(23)25/h8-11,13-19,21H,3-7,12,20H2,1-2H3. The van der Waals surface area contributed by atoms with Gasteiger partial charge in [0.15, 0.2) is 5.43 Å². The van der Waals surface area contributed by atoms with Crippen LogP contribution in [0.4, 0.5) is 0 Å². The van der Waals surface area contributed by atoms with Crippen molar-refractivity contribution in [3.05, 3.63) is 88.1 Å². The largest absolute Gasteiger partial charge is 0.493 e. The van der Waals surface area contributed by atoms with Crippen LogP contribution in [0.25, 0.3) is 20.2 Å². The molecule has 0 radical (unpaired) electrons. The summed E-state index contributed by atoms with van der Waals surface area (Å²) in [5.74, 6) is 1.09. The molecule has 0 spiro atoms. The summed E-state index contributed by atoms with van der Waals surface area (Å²) in [4.78, 5) is 13.1. The minimum atomic E-state index is 0.121. The monoisotopic (exact) mass is 444 g/mol. The summed E-state index contributed by atoms with van der Waals surface area (Å²) in [6.07, 6.45) is 7.53. The zero-order valence-corrected chi connectivity index (χ0v) is 19.9. The first-order chi connectivity index (χ1) is 15.7. The molecule has 0 saturated heterocycles. The minimum Gasteiger partial charge on any atom is -0.493 e. The highest BCUT2D eigenvalue weighted by atomic mass is 32.1. The van der Waals surface area contributed by atoms with Crippen molar-refractivity contribution in [3.8, 4) is 5.75 Å². The van der Waals surface area contributed by atoms with Gasteiger partial charge in [0.1, 0.15) is 5.75 Å². The summed E-state index contributed by atoms with van der Waals surface area (Å²) in [6, 6.07) is 22.4. The molecule has 1 unspecified atom stereocenters. The molecule has 1 atom stereocenters. The fourth-order valence-corrected chi connectivity index (χ4v) is 5.66. The summed E-state index contributed by atoms with van der Waals surface area (Å²) in [7, 11) is 0. The maximum absolute atomic E-state index is 13.1. The predicted octanol–water partition coefficient (Wildman–Crippen LogP) is 8.31. The smallest absolute Gasteiger partial charge is 0.195 e. The highest BCUT2D eigenvalue weighted by Gasteiger charge is 2.18. The lowest BCUT2D eigenvalue weighted by atomic mass is 9.91. The molecule has 4 rings (SSSR count). The van der Waals surface area contributed by atoms with Gasteiger partial charge in [0, 0.05) is 31.7 Å². The Balaban J connectivity index is 1.60. The average Bonchev–Trinajstić information content (AvgIpc) is 2.83. The number of para-hydroxylation sites is 1. The maximum atomic E-state index is 13.1. The van der Waals surface area contributed by atoms with Gasteiger partial charge in [-0.25, -0.2) is 0 Å². The maximum Gasteiger partial charge on any atom is 0.195 e. The van der Waals surface area contributed by atoms with Crippen LogP contribution >= 0.6 is 11.3 Å². The molecule has 0 N–H and O–H groups in total. The van der Waals surface area contributed by atoms with Gasteiger partial charge >= 0.3 is 0 Å². The van der Waals surface area contributed by atoms with Crippen LogP contribution in [0.3, 0.4) is 0 Å². The van der Waals surface area contributed by atoms with E-state index in [1.807, 2.05) is 42.5 Å². The lowest BCUT2D eigenvalue weighted by Crippen LogP contribution is -2.06. The van der Waals surface area contributed by atoms with Crippen LogP contribution in [0.5, 0.6) is 5.75 Å². The summed E-state index contributed by atoms with van der Waals surface area (Å²) >= 11 is 1.71.